The van der Waals surface area contributed by atoms with Gasteiger partial charge in [0.05, 0.1) is 47.5 Å². The zero-order chi connectivity index (χ0) is 32.0. The summed E-state index contributed by atoms with van der Waals surface area (Å²) in [5.41, 5.74) is 4.88. The first-order valence-electron chi connectivity index (χ1n) is 14.2. The van der Waals surface area contributed by atoms with Crippen molar-refractivity contribution in [2.24, 2.45) is 13.0 Å². The van der Waals surface area contributed by atoms with Gasteiger partial charge in [0.25, 0.3) is 5.56 Å². The largest absolute Gasteiger partial charge is 0.434 e. The van der Waals surface area contributed by atoms with E-state index in [-0.39, 0.29) is 23.1 Å². The van der Waals surface area contributed by atoms with Gasteiger partial charge in [-0.3, -0.25) is 33.8 Å². The van der Waals surface area contributed by atoms with E-state index in [0.717, 1.165) is 16.8 Å². The molecule has 2 aliphatic rings. The molecule has 0 radical (unpaired) electrons. The number of aromatic nitrogens is 5. The van der Waals surface area contributed by atoms with Crippen LogP contribution in [0.5, 0.6) is 0 Å². The lowest BCUT2D eigenvalue weighted by atomic mass is 9.95. The number of hydrogen-bond acceptors (Lipinski definition) is 8. The molecule has 2 aliphatic heterocycles. The van der Waals surface area contributed by atoms with Gasteiger partial charge in [-0.1, -0.05) is 24.9 Å². The number of alkyl halides is 3. The van der Waals surface area contributed by atoms with Crippen LogP contribution in [0.4, 0.5) is 24.5 Å². The number of carbonyl (C=O) groups excluding carboxylic acids is 1. The molecular formula is C30H29ClF3N9O2. The smallest absolute Gasteiger partial charge is 0.323 e. The number of hydrogen-bond donors (Lipinski definition) is 2. The maximum absolute atomic E-state index is 13.8. The van der Waals surface area contributed by atoms with Gasteiger partial charge in [0.1, 0.15) is 5.69 Å². The quantitative estimate of drug-likeness (QED) is 0.311. The van der Waals surface area contributed by atoms with Gasteiger partial charge in [-0.05, 0) is 48.7 Å². The Labute approximate surface area is 260 Å². The number of benzene rings is 1. The molecule has 3 aromatic heterocycles. The number of halogens is 4. The second kappa shape index (κ2) is 11.7. The third-order valence-corrected chi connectivity index (χ3v) is 8.23. The van der Waals surface area contributed by atoms with E-state index >= 15 is 0 Å². The number of nitrogens with one attached hydrogen (secondary N) is 2. The van der Waals surface area contributed by atoms with Crippen molar-refractivity contribution in [3.05, 3.63) is 88.0 Å². The number of hydrazine groups is 2. The van der Waals surface area contributed by atoms with E-state index in [4.69, 9.17) is 11.6 Å². The number of allylic oxidation sites excluding steroid dienone is 1. The Balaban J connectivity index is 1.41. The third kappa shape index (κ3) is 5.90. The van der Waals surface area contributed by atoms with Gasteiger partial charge < -0.3 is 5.32 Å². The highest BCUT2D eigenvalue weighted by Gasteiger charge is 2.41. The van der Waals surface area contributed by atoms with Gasteiger partial charge in [-0.25, -0.2) is 4.98 Å². The third-order valence-electron chi connectivity index (χ3n) is 8.00. The molecule has 45 heavy (non-hydrogen) atoms. The van der Waals surface area contributed by atoms with Crippen molar-refractivity contribution in [1.29, 1.82) is 0 Å². The summed E-state index contributed by atoms with van der Waals surface area (Å²) in [5, 5.41) is 9.66. The van der Waals surface area contributed by atoms with Crippen LogP contribution in [-0.2, 0) is 11.8 Å². The van der Waals surface area contributed by atoms with Crippen LogP contribution < -0.4 is 21.4 Å². The normalized spacial score (nSPS) is 19.0. The molecule has 1 amide bonds. The maximum atomic E-state index is 13.8. The highest BCUT2D eigenvalue weighted by molar-refractivity contribution is 6.31. The van der Waals surface area contributed by atoms with Gasteiger partial charge in [0.15, 0.2) is 5.70 Å². The molecule has 234 valence electrons. The van der Waals surface area contributed by atoms with E-state index in [1.165, 1.54) is 29.0 Å². The van der Waals surface area contributed by atoms with Crippen molar-refractivity contribution in [2.45, 2.75) is 38.4 Å². The molecule has 4 aromatic rings. The Hall–Kier alpha value is -4.69. The summed E-state index contributed by atoms with van der Waals surface area (Å²) in [4.78, 5) is 35.8. The summed E-state index contributed by atoms with van der Waals surface area (Å²) in [6.45, 7) is 1.86. The number of amides is 1. The summed E-state index contributed by atoms with van der Waals surface area (Å²) in [5.74, 6) is -0.415. The Bertz CT molecular complexity index is 1870. The van der Waals surface area contributed by atoms with Crippen LogP contribution in [0.3, 0.4) is 0 Å². The molecule has 11 nitrogen and oxygen atoms in total. The number of nitrogens with zero attached hydrogens (tertiary/aromatic N) is 7. The fourth-order valence-corrected chi connectivity index (χ4v) is 5.81. The van der Waals surface area contributed by atoms with Crippen LogP contribution >= 0.6 is 11.6 Å². The summed E-state index contributed by atoms with van der Waals surface area (Å²) in [6, 6.07) is 9.27. The van der Waals surface area contributed by atoms with Crippen LogP contribution in [0.1, 0.15) is 37.8 Å². The minimum absolute atomic E-state index is 0.131. The number of pyridine rings is 1. The second-order valence-corrected chi connectivity index (χ2v) is 11.5. The molecule has 2 atom stereocenters. The van der Waals surface area contributed by atoms with Gasteiger partial charge in [0.2, 0.25) is 5.91 Å². The molecule has 0 spiro atoms. The van der Waals surface area contributed by atoms with Gasteiger partial charge >= 0.3 is 6.18 Å². The number of fused-ring (bicyclic) bond motifs is 4. The fraction of sp³-hybridized carbons (Fsp3) is 0.300. The van der Waals surface area contributed by atoms with E-state index in [1.807, 2.05) is 19.1 Å². The average molecular weight is 640 g/mol. The van der Waals surface area contributed by atoms with E-state index in [1.54, 1.807) is 42.3 Å². The lowest BCUT2D eigenvalue weighted by molar-refractivity contribution is -0.119. The Morgan fingerprint density at radius 2 is 1.82 bits per heavy atom. The number of carbonyl (C=O) groups is 1. The Morgan fingerprint density at radius 3 is 2.56 bits per heavy atom. The molecule has 0 aliphatic carbocycles. The summed E-state index contributed by atoms with van der Waals surface area (Å²) in [7, 11) is 3.02. The standard InChI is InChI=1S/C30H29ClF3N9O2/c1-17-5-4-6-24(18-9-10-35-22(11-18)28-23(38-29(17)45)14-37-41(28)3)42-16-36-21(13-27(42)44)20-12-19(31)7-8-25(20)43-15-26(30(32,33)34)40(2)39-43/h7-17,24,39H,4-6H2,1-3H3,(H,38,45)/t17-,24+/m1/s1. The first-order chi connectivity index (χ1) is 21.4. The summed E-state index contributed by atoms with van der Waals surface area (Å²) in [6.07, 6.45) is 2.79. The van der Waals surface area contributed by atoms with Gasteiger partial charge in [0, 0.05) is 42.9 Å². The molecule has 6 rings (SSSR count). The predicted molar refractivity (Wildman–Crippen MR) is 163 cm³/mol. The van der Waals surface area contributed by atoms with Crippen molar-refractivity contribution in [3.63, 3.8) is 0 Å². The molecule has 2 bridgehead atoms. The first-order valence-corrected chi connectivity index (χ1v) is 14.5. The van der Waals surface area contributed by atoms with Crippen molar-refractivity contribution < 1.29 is 18.0 Å². The topological polar surface area (TPSA) is 113 Å². The Morgan fingerprint density at radius 1 is 1.02 bits per heavy atom. The first kappa shape index (κ1) is 30.3. The number of anilines is 2. The molecule has 0 saturated heterocycles. The van der Waals surface area contributed by atoms with E-state index in [2.05, 4.69) is 25.9 Å². The highest BCUT2D eigenvalue weighted by Crippen LogP contribution is 2.37. The summed E-state index contributed by atoms with van der Waals surface area (Å²) >= 11 is 6.29. The predicted octanol–water partition coefficient (Wildman–Crippen LogP) is 5.28. The van der Waals surface area contributed by atoms with Gasteiger partial charge in [-0.2, -0.15) is 18.3 Å². The highest BCUT2D eigenvalue weighted by atomic mass is 35.5. The summed E-state index contributed by atoms with van der Waals surface area (Å²) < 4.78 is 43.7. The molecule has 5 heterocycles. The van der Waals surface area contributed by atoms with Crippen molar-refractivity contribution in [1.82, 2.24) is 34.9 Å². The van der Waals surface area contributed by atoms with Crippen LogP contribution in [0, 0.1) is 5.92 Å². The van der Waals surface area contributed by atoms with Crippen molar-refractivity contribution in [2.75, 3.05) is 17.4 Å². The van der Waals surface area contributed by atoms with Crippen LogP contribution in [0.15, 0.2) is 71.8 Å². The van der Waals surface area contributed by atoms with Crippen LogP contribution in [-0.4, -0.2) is 48.5 Å². The average Bonchev–Trinajstić information content (AvgIpc) is 3.57. The number of rotatable bonds is 3. The minimum Gasteiger partial charge on any atom is -0.323 e. The van der Waals surface area contributed by atoms with E-state index in [0.29, 0.717) is 52.6 Å². The molecule has 1 aromatic carbocycles. The minimum atomic E-state index is -4.58. The molecule has 0 saturated carbocycles. The van der Waals surface area contributed by atoms with Crippen molar-refractivity contribution in [3.8, 4) is 22.6 Å². The lowest BCUT2D eigenvalue weighted by Gasteiger charge is -2.24. The van der Waals surface area contributed by atoms with Gasteiger partial charge in [-0.15, -0.1) is 5.53 Å². The SMILES string of the molecule is C[C@@H]1CCC[C@H](n2cnc(-c3cc(Cl)ccc3N3C=C(C(F)(F)F)N(C)N3)cc2=O)c2ccnc(c2)-c2c(cnn2C)NC1=O. The number of aryl methyl sites for hydroxylation is 1. The lowest BCUT2D eigenvalue weighted by Crippen LogP contribution is -2.40. The van der Waals surface area contributed by atoms with Crippen LogP contribution in [0.2, 0.25) is 5.02 Å². The molecule has 2 N–H and O–H groups in total. The molecule has 15 heteroatoms. The molecule has 0 fully saturated rings. The van der Waals surface area contributed by atoms with Crippen LogP contribution in [0.25, 0.3) is 22.6 Å². The fourth-order valence-electron chi connectivity index (χ4n) is 5.64. The van der Waals surface area contributed by atoms with E-state index < -0.39 is 17.9 Å². The molecular weight excluding hydrogens is 611 g/mol. The maximum Gasteiger partial charge on any atom is 0.434 e. The molecule has 0 unspecified atom stereocenters. The zero-order valence-corrected chi connectivity index (χ0v) is 25.3. The van der Waals surface area contributed by atoms with Crippen molar-refractivity contribution >= 4 is 28.9 Å². The van der Waals surface area contributed by atoms with E-state index in [9.17, 15) is 22.8 Å². The second-order valence-electron chi connectivity index (χ2n) is 11.1. The zero-order valence-electron chi connectivity index (χ0n) is 24.5. The monoisotopic (exact) mass is 639 g/mol. The Kier molecular flexibility index (Phi) is 7.87.